The van der Waals surface area contributed by atoms with Gasteiger partial charge in [0.2, 0.25) is 5.91 Å². The minimum absolute atomic E-state index is 0.304. The lowest BCUT2D eigenvalue weighted by molar-refractivity contribution is -0.111. The highest BCUT2D eigenvalue weighted by molar-refractivity contribution is 9.10. The summed E-state index contributed by atoms with van der Waals surface area (Å²) in [6.45, 7) is 0.545. The number of aromatic nitrogens is 2. The van der Waals surface area contributed by atoms with Crippen molar-refractivity contribution in [3.05, 3.63) is 88.3 Å². The van der Waals surface area contributed by atoms with E-state index in [9.17, 15) is 9.18 Å². The Balaban J connectivity index is 1.66. The molecule has 1 heterocycles. The Morgan fingerprint density at radius 2 is 2.00 bits per heavy atom. The van der Waals surface area contributed by atoms with Crippen LogP contribution in [0.1, 0.15) is 11.1 Å². The quantitative estimate of drug-likeness (QED) is 0.642. The molecular weight excluding hydrogens is 385 g/mol. The predicted octanol–water partition coefficient (Wildman–Crippen LogP) is 4.48. The highest BCUT2D eigenvalue weighted by Gasteiger charge is 2.06. The van der Waals surface area contributed by atoms with Gasteiger partial charge in [-0.1, -0.05) is 40.2 Å². The lowest BCUT2D eigenvalue weighted by atomic mass is 10.2. The molecule has 0 aliphatic carbocycles. The number of carbonyl (C=O) groups excluding carboxylic acids is 1. The lowest BCUT2D eigenvalue weighted by Crippen LogP contribution is -2.13. The number of nitrogens with zero attached hydrogens (tertiary/aromatic N) is 2. The van der Waals surface area contributed by atoms with Gasteiger partial charge in [-0.2, -0.15) is 5.10 Å². The maximum absolute atomic E-state index is 13.1. The van der Waals surface area contributed by atoms with Crippen molar-refractivity contribution in [3.8, 4) is 0 Å². The van der Waals surface area contributed by atoms with Crippen molar-refractivity contribution < 1.29 is 9.18 Å². The monoisotopic (exact) mass is 399 g/mol. The normalized spacial score (nSPS) is 11.0. The van der Waals surface area contributed by atoms with E-state index >= 15 is 0 Å². The van der Waals surface area contributed by atoms with Crippen molar-refractivity contribution >= 4 is 33.7 Å². The summed E-state index contributed by atoms with van der Waals surface area (Å²) >= 11 is 3.40. The van der Waals surface area contributed by atoms with Crippen LogP contribution in [0.25, 0.3) is 6.08 Å². The van der Waals surface area contributed by atoms with Crippen molar-refractivity contribution in [1.29, 1.82) is 0 Å². The fraction of sp³-hybridized carbons (Fsp3) is 0.0526. The molecule has 0 aliphatic rings. The summed E-state index contributed by atoms with van der Waals surface area (Å²) in [4.78, 5) is 12.1. The van der Waals surface area contributed by atoms with Crippen molar-refractivity contribution in [2.75, 3.05) is 5.32 Å². The number of amides is 1. The van der Waals surface area contributed by atoms with Crippen molar-refractivity contribution in [3.63, 3.8) is 0 Å². The average molecular weight is 400 g/mol. The molecule has 6 heteroatoms. The van der Waals surface area contributed by atoms with Crippen molar-refractivity contribution in [2.45, 2.75) is 6.54 Å². The van der Waals surface area contributed by atoms with Crippen LogP contribution >= 0.6 is 15.9 Å². The molecule has 0 aliphatic heterocycles. The van der Waals surface area contributed by atoms with Crippen LogP contribution in [0, 0.1) is 5.82 Å². The zero-order valence-electron chi connectivity index (χ0n) is 13.2. The Morgan fingerprint density at radius 3 is 2.76 bits per heavy atom. The first-order valence-electron chi connectivity index (χ1n) is 7.61. The van der Waals surface area contributed by atoms with Crippen LogP contribution in [0.2, 0.25) is 0 Å². The fourth-order valence-corrected chi connectivity index (χ4v) is 2.54. The second kappa shape index (κ2) is 7.90. The Hall–Kier alpha value is -2.73. The molecule has 0 spiro atoms. The number of anilines is 1. The zero-order valence-corrected chi connectivity index (χ0v) is 14.8. The number of carbonyl (C=O) groups is 1. The van der Waals surface area contributed by atoms with Gasteiger partial charge in [-0.3, -0.25) is 4.79 Å². The summed E-state index contributed by atoms with van der Waals surface area (Å²) in [6, 6.07) is 15.7. The molecular formula is C19H15BrFN3O. The number of benzene rings is 2. The molecule has 4 nitrogen and oxygen atoms in total. The summed E-state index contributed by atoms with van der Waals surface area (Å²) in [5.41, 5.74) is 1.69. The number of hydrogen-bond acceptors (Lipinski definition) is 2. The first-order valence-corrected chi connectivity index (χ1v) is 8.40. The van der Waals surface area contributed by atoms with Crippen LogP contribution in [-0.2, 0) is 11.3 Å². The minimum Gasteiger partial charge on any atom is -0.307 e. The summed E-state index contributed by atoms with van der Waals surface area (Å²) in [5, 5.41) is 7.01. The van der Waals surface area contributed by atoms with Gasteiger partial charge in [0.05, 0.1) is 12.7 Å². The molecule has 0 atom stereocenters. The molecule has 126 valence electrons. The molecule has 25 heavy (non-hydrogen) atoms. The molecule has 2 aromatic carbocycles. The molecule has 1 amide bonds. The van der Waals surface area contributed by atoms with Gasteiger partial charge in [0.25, 0.3) is 0 Å². The summed E-state index contributed by atoms with van der Waals surface area (Å²) in [7, 11) is 0. The average Bonchev–Trinajstić information content (AvgIpc) is 3.02. The third-order valence-electron chi connectivity index (χ3n) is 3.49. The van der Waals surface area contributed by atoms with E-state index in [4.69, 9.17) is 0 Å². The van der Waals surface area contributed by atoms with E-state index in [1.54, 1.807) is 35.2 Å². The Labute approximate surface area is 153 Å². The van der Waals surface area contributed by atoms with Gasteiger partial charge < -0.3 is 5.32 Å². The van der Waals surface area contributed by atoms with Gasteiger partial charge in [-0.25, -0.2) is 9.07 Å². The van der Waals surface area contributed by atoms with E-state index in [1.165, 1.54) is 18.2 Å². The number of hydrogen-bond donors (Lipinski definition) is 1. The highest BCUT2D eigenvalue weighted by Crippen LogP contribution is 2.14. The Morgan fingerprint density at radius 1 is 1.20 bits per heavy atom. The molecule has 1 aromatic heterocycles. The maximum Gasteiger partial charge on any atom is 0.249 e. The zero-order chi connectivity index (χ0) is 17.6. The molecule has 3 aromatic rings. The van der Waals surface area contributed by atoms with Crippen LogP contribution in [0.15, 0.2) is 71.3 Å². The Kier molecular flexibility index (Phi) is 5.40. The smallest absolute Gasteiger partial charge is 0.249 e. The topological polar surface area (TPSA) is 46.9 Å². The van der Waals surface area contributed by atoms with Crippen LogP contribution in [0.5, 0.6) is 0 Å². The first kappa shape index (κ1) is 17.1. The van der Waals surface area contributed by atoms with E-state index in [2.05, 4.69) is 26.3 Å². The van der Waals surface area contributed by atoms with E-state index in [0.717, 1.165) is 10.0 Å². The van der Waals surface area contributed by atoms with Gasteiger partial charge in [-0.15, -0.1) is 0 Å². The maximum atomic E-state index is 13.1. The van der Waals surface area contributed by atoms with Gasteiger partial charge in [-0.05, 0) is 41.5 Å². The third-order valence-corrected chi connectivity index (χ3v) is 4.02. The minimum atomic E-state index is -0.338. The molecule has 0 fully saturated rings. The van der Waals surface area contributed by atoms with E-state index in [1.807, 2.05) is 24.3 Å². The van der Waals surface area contributed by atoms with E-state index < -0.39 is 0 Å². The fourth-order valence-electron chi connectivity index (χ4n) is 2.28. The standard InChI is InChI=1S/C19H15BrFN3O/c20-16-7-4-15(5-8-16)13-24-18(10-11-22-24)23-19(25)9-6-14-2-1-3-17(21)12-14/h1-12H,13H2,(H,23,25). The molecule has 0 bridgehead atoms. The predicted molar refractivity (Wildman–Crippen MR) is 99.5 cm³/mol. The SMILES string of the molecule is O=C(C=Cc1cccc(F)c1)Nc1ccnn1Cc1ccc(Br)cc1. The van der Waals surface area contributed by atoms with Gasteiger partial charge >= 0.3 is 0 Å². The van der Waals surface area contributed by atoms with Gasteiger partial charge in [0, 0.05) is 16.6 Å². The lowest BCUT2D eigenvalue weighted by Gasteiger charge is -2.08. The van der Waals surface area contributed by atoms with Crippen LogP contribution in [0.3, 0.4) is 0 Å². The Bertz CT molecular complexity index is 903. The van der Waals surface area contributed by atoms with E-state index in [-0.39, 0.29) is 11.7 Å². The molecule has 0 radical (unpaired) electrons. The molecule has 3 rings (SSSR count). The van der Waals surface area contributed by atoms with Crippen LogP contribution in [0.4, 0.5) is 10.2 Å². The van der Waals surface area contributed by atoms with E-state index in [0.29, 0.717) is 17.9 Å². The molecule has 0 unspecified atom stereocenters. The third kappa shape index (κ3) is 4.87. The van der Waals surface area contributed by atoms with Crippen LogP contribution < -0.4 is 5.32 Å². The number of rotatable bonds is 5. The van der Waals surface area contributed by atoms with Gasteiger partial charge in [0.15, 0.2) is 0 Å². The van der Waals surface area contributed by atoms with Crippen LogP contribution in [-0.4, -0.2) is 15.7 Å². The summed E-state index contributed by atoms with van der Waals surface area (Å²) < 4.78 is 15.8. The second-order valence-corrected chi connectivity index (χ2v) is 6.29. The molecule has 0 saturated carbocycles. The van der Waals surface area contributed by atoms with Gasteiger partial charge in [0.1, 0.15) is 11.6 Å². The second-order valence-electron chi connectivity index (χ2n) is 5.38. The number of nitrogens with one attached hydrogen (secondary N) is 1. The van der Waals surface area contributed by atoms with Crippen molar-refractivity contribution in [1.82, 2.24) is 9.78 Å². The first-order chi connectivity index (χ1) is 12.1. The highest BCUT2D eigenvalue weighted by atomic mass is 79.9. The summed E-state index contributed by atoms with van der Waals surface area (Å²) in [6.07, 6.45) is 4.56. The summed E-state index contributed by atoms with van der Waals surface area (Å²) in [5.74, 6) is -0.0474. The molecule has 0 saturated heterocycles. The largest absolute Gasteiger partial charge is 0.307 e. The number of halogens is 2. The molecule has 1 N–H and O–H groups in total. The van der Waals surface area contributed by atoms with Crippen molar-refractivity contribution in [2.24, 2.45) is 0 Å².